The maximum atomic E-state index is 13.8. The van der Waals surface area contributed by atoms with Crippen LogP contribution in [0.5, 0.6) is 0 Å². The first-order valence-corrected chi connectivity index (χ1v) is 14.1. The van der Waals surface area contributed by atoms with Gasteiger partial charge >= 0.3 is 12.0 Å². The van der Waals surface area contributed by atoms with Gasteiger partial charge in [-0.15, -0.1) is 0 Å². The molecule has 0 bridgehead atoms. The van der Waals surface area contributed by atoms with E-state index in [1.165, 1.54) is 23.9 Å². The number of nitrogens with one attached hydrogen (secondary N) is 2. The summed E-state index contributed by atoms with van der Waals surface area (Å²) in [6.07, 6.45) is 6.48. The molecule has 1 heterocycles. The third kappa shape index (κ3) is 6.48. The fourth-order valence-electron chi connectivity index (χ4n) is 5.25. The van der Waals surface area contributed by atoms with Crippen LogP contribution >= 0.6 is 0 Å². The van der Waals surface area contributed by atoms with E-state index in [0.717, 1.165) is 35.3 Å². The Labute approximate surface area is 249 Å². The summed E-state index contributed by atoms with van der Waals surface area (Å²) in [5.74, 6) is -2.30. The van der Waals surface area contributed by atoms with Crippen molar-refractivity contribution < 1.29 is 29.1 Å². The number of rotatable bonds is 9. The molecule has 10 heteroatoms. The molecule has 2 aliphatic rings. The van der Waals surface area contributed by atoms with Crippen LogP contribution < -0.4 is 15.5 Å². The van der Waals surface area contributed by atoms with Crippen molar-refractivity contribution in [1.29, 1.82) is 0 Å². The van der Waals surface area contributed by atoms with Crippen molar-refractivity contribution in [2.45, 2.75) is 38.6 Å². The lowest BCUT2D eigenvalue weighted by Gasteiger charge is -2.25. The van der Waals surface area contributed by atoms with Gasteiger partial charge in [0.2, 0.25) is 0 Å². The third-order valence-electron chi connectivity index (χ3n) is 7.63. The predicted octanol–water partition coefficient (Wildman–Crippen LogP) is 5.31. The molecule has 0 atom stereocenters. The number of benzene rings is 3. The number of carbonyl (C=O) groups excluding carboxylic acids is 4. The van der Waals surface area contributed by atoms with E-state index in [0.29, 0.717) is 11.3 Å². The Morgan fingerprint density at radius 1 is 0.930 bits per heavy atom. The van der Waals surface area contributed by atoms with Gasteiger partial charge in [-0.2, -0.15) is 0 Å². The zero-order valence-electron chi connectivity index (χ0n) is 23.8. The second-order valence-corrected chi connectivity index (χ2v) is 10.5. The number of urea groups is 1. The van der Waals surface area contributed by atoms with Gasteiger partial charge in [-0.1, -0.05) is 36.4 Å². The molecule has 5 rings (SSSR count). The zero-order valence-corrected chi connectivity index (χ0v) is 23.8. The second kappa shape index (κ2) is 12.7. The minimum Gasteiger partial charge on any atom is -0.481 e. The zero-order chi connectivity index (χ0) is 30.5. The van der Waals surface area contributed by atoms with Crippen LogP contribution in [0, 0.1) is 0 Å². The van der Waals surface area contributed by atoms with E-state index in [2.05, 4.69) is 16.7 Å². The van der Waals surface area contributed by atoms with Gasteiger partial charge in [0.1, 0.15) is 0 Å². The molecule has 1 aliphatic heterocycles. The standard InChI is InChI=1S/C33H32N4O6/c1-36-31(41)26-8-5-9-27(29(26)32(36)42)35-33(43)37(25-16-14-23(15-17-25)22-6-3-2-4-7-22)20-21-10-12-24(13-11-21)30(40)34-19-18-28(38)39/h5-6,8-17H,2-4,7,18-20H2,1H3,(H,34,40)(H,35,43)(H,38,39). The summed E-state index contributed by atoms with van der Waals surface area (Å²) >= 11 is 0. The molecule has 0 radical (unpaired) electrons. The van der Waals surface area contributed by atoms with Crippen LogP contribution in [-0.2, 0) is 11.3 Å². The fourth-order valence-corrected chi connectivity index (χ4v) is 5.25. The topological polar surface area (TPSA) is 136 Å². The van der Waals surface area contributed by atoms with E-state index in [1.807, 2.05) is 24.3 Å². The molecule has 10 nitrogen and oxygen atoms in total. The van der Waals surface area contributed by atoms with Crippen LogP contribution in [0.1, 0.15) is 74.3 Å². The number of aliphatic carboxylic acids is 1. The highest BCUT2D eigenvalue weighted by Crippen LogP contribution is 2.31. The molecule has 0 saturated carbocycles. The van der Waals surface area contributed by atoms with Crippen molar-refractivity contribution in [1.82, 2.24) is 10.2 Å². The number of hydrogen-bond donors (Lipinski definition) is 3. The third-order valence-corrected chi connectivity index (χ3v) is 7.63. The Morgan fingerprint density at radius 2 is 1.67 bits per heavy atom. The van der Waals surface area contributed by atoms with Gasteiger partial charge in [-0.3, -0.25) is 29.0 Å². The number of fused-ring (bicyclic) bond motifs is 1. The highest BCUT2D eigenvalue weighted by Gasteiger charge is 2.35. The highest BCUT2D eigenvalue weighted by atomic mass is 16.4. The number of nitrogens with zero attached hydrogens (tertiary/aromatic N) is 2. The van der Waals surface area contributed by atoms with Crippen molar-refractivity contribution in [2.75, 3.05) is 23.8 Å². The molecule has 3 aromatic rings. The van der Waals surface area contributed by atoms with E-state index in [1.54, 1.807) is 42.5 Å². The summed E-state index contributed by atoms with van der Waals surface area (Å²) in [5, 5.41) is 14.2. The second-order valence-electron chi connectivity index (χ2n) is 10.5. The van der Waals surface area contributed by atoms with Crippen LogP contribution in [0.25, 0.3) is 5.57 Å². The number of carboxylic acid groups (broad SMARTS) is 1. The van der Waals surface area contributed by atoms with E-state index < -0.39 is 29.7 Å². The van der Waals surface area contributed by atoms with E-state index in [9.17, 15) is 24.0 Å². The smallest absolute Gasteiger partial charge is 0.326 e. The molecule has 1 aliphatic carbocycles. The van der Waals surface area contributed by atoms with Gasteiger partial charge < -0.3 is 15.7 Å². The Hall–Kier alpha value is -5.25. The minimum atomic E-state index is -0.999. The lowest BCUT2D eigenvalue weighted by molar-refractivity contribution is -0.136. The van der Waals surface area contributed by atoms with Gasteiger partial charge in [0.05, 0.1) is 29.8 Å². The first-order valence-electron chi connectivity index (χ1n) is 14.1. The fraction of sp³-hybridized carbons (Fsp3) is 0.242. The molecule has 5 amide bonds. The lowest BCUT2D eigenvalue weighted by atomic mass is 9.93. The monoisotopic (exact) mass is 580 g/mol. The number of hydrogen-bond acceptors (Lipinski definition) is 5. The first-order chi connectivity index (χ1) is 20.7. The van der Waals surface area contributed by atoms with Gasteiger partial charge in [0.15, 0.2) is 0 Å². The number of amides is 5. The SMILES string of the molecule is CN1C(=O)c2cccc(NC(=O)N(Cc3ccc(C(=O)NCCC(=O)O)cc3)c3ccc(C4=CCCCC4)cc3)c2C1=O. The summed E-state index contributed by atoms with van der Waals surface area (Å²) in [6.45, 7) is 0.167. The van der Waals surface area contributed by atoms with E-state index in [-0.39, 0.29) is 36.3 Å². The van der Waals surface area contributed by atoms with E-state index >= 15 is 0 Å². The highest BCUT2D eigenvalue weighted by molar-refractivity contribution is 6.24. The normalized spacial score (nSPS) is 14.2. The van der Waals surface area contributed by atoms with Gasteiger partial charge in [-0.05, 0) is 78.8 Å². The number of anilines is 2. The molecule has 3 aromatic carbocycles. The first kappa shape index (κ1) is 29.2. The molecular formula is C33H32N4O6. The molecule has 0 aromatic heterocycles. The number of carbonyl (C=O) groups is 5. The quantitative estimate of drug-likeness (QED) is 0.294. The van der Waals surface area contributed by atoms with Crippen molar-refractivity contribution in [3.63, 3.8) is 0 Å². The van der Waals surface area contributed by atoms with Gasteiger partial charge in [0.25, 0.3) is 17.7 Å². The number of allylic oxidation sites excluding steroid dienone is 2. The Morgan fingerprint density at radius 3 is 2.35 bits per heavy atom. The lowest BCUT2D eigenvalue weighted by Crippen LogP contribution is -2.35. The van der Waals surface area contributed by atoms with Crippen molar-refractivity contribution in [2.24, 2.45) is 0 Å². The average Bonchev–Trinajstić information content (AvgIpc) is 3.24. The predicted molar refractivity (Wildman–Crippen MR) is 162 cm³/mol. The van der Waals surface area contributed by atoms with Crippen LogP contribution in [0.2, 0.25) is 0 Å². The molecule has 43 heavy (non-hydrogen) atoms. The van der Waals surface area contributed by atoms with E-state index in [4.69, 9.17) is 5.11 Å². The average molecular weight is 581 g/mol. The maximum absolute atomic E-state index is 13.8. The van der Waals surface area contributed by atoms with Gasteiger partial charge in [-0.25, -0.2) is 4.79 Å². The molecule has 220 valence electrons. The van der Waals surface area contributed by atoms with Crippen LogP contribution in [0.3, 0.4) is 0 Å². The Bertz CT molecular complexity index is 1610. The molecular weight excluding hydrogens is 548 g/mol. The summed E-state index contributed by atoms with van der Waals surface area (Å²) in [5.41, 5.74) is 4.75. The number of carboxylic acids is 1. The molecule has 3 N–H and O–H groups in total. The van der Waals surface area contributed by atoms with Crippen LogP contribution in [0.15, 0.2) is 72.8 Å². The van der Waals surface area contributed by atoms with Crippen molar-refractivity contribution in [3.05, 3.63) is 101 Å². The summed E-state index contributed by atoms with van der Waals surface area (Å²) < 4.78 is 0. The van der Waals surface area contributed by atoms with Crippen LogP contribution in [0.4, 0.5) is 16.2 Å². The summed E-state index contributed by atoms with van der Waals surface area (Å²) in [7, 11) is 1.40. The minimum absolute atomic E-state index is 0.0177. The van der Waals surface area contributed by atoms with Crippen molar-refractivity contribution in [3.8, 4) is 0 Å². The Kier molecular flexibility index (Phi) is 8.66. The molecule has 0 unspecified atom stereocenters. The van der Waals surface area contributed by atoms with Crippen LogP contribution in [-0.4, -0.2) is 53.3 Å². The number of imide groups is 1. The Balaban J connectivity index is 1.40. The summed E-state index contributed by atoms with van der Waals surface area (Å²) in [4.78, 5) is 64.7. The maximum Gasteiger partial charge on any atom is 0.326 e. The van der Waals surface area contributed by atoms with Gasteiger partial charge in [0, 0.05) is 24.8 Å². The molecule has 0 spiro atoms. The molecule has 0 saturated heterocycles. The molecule has 0 fully saturated rings. The summed E-state index contributed by atoms with van der Waals surface area (Å²) in [6, 6.07) is 18.7. The van der Waals surface area contributed by atoms with Crippen molar-refractivity contribution >= 4 is 46.7 Å². The largest absolute Gasteiger partial charge is 0.481 e.